The highest BCUT2D eigenvalue weighted by molar-refractivity contribution is 7.26. The predicted molar refractivity (Wildman–Crippen MR) is 235 cm³/mol. The van der Waals surface area contributed by atoms with E-state index in [0.29, 0.717) is 0 Å². The number of fused-ring (bicyclic) bond motifs is 10. The molecular weight excluding hydrogens is 687 g/mol. The van der Waals surface area contributed by atoms with E-state index in [1.54, 1.807) is 0 Å². The van der Waals surface area contributed by atoms with Crippen molar-refractivity contribution in [2.75, 3.05) is 9.80 Å². The van der Waals surface area contributed by atoms with Crippen molar-refractivity contribution in [3.05, 3.63) is 188 Å². The molecule has 12 rings (SSSR count). The van der Waals surface area contributed by atoms with Crippen molar-refractivity contribution >= 4 is 110 Å². The molecule has 0 unspecified atom stereocenters. The van der Waals surface area contributed by atoms with Gasteiger partial charge in [0.1, 0.15) is 11.5 Å². The Morgan fingerprint density at radius 3 is 2.02 bits per heavy atom. The van der Waals surface area contributed by atoms with Crippen LogP contribution in [0.25, 0.3) is 41.7 Å². The molecule has 55 heavy (non-hydrogen) atoms. The van der Waals surface area contributed by atoms with Crippen molar-refractivity contribution in [1.29, 1.82) is 0 Å². The van der Waals surface area contributed by atoms with Gasteiger partial charge >= 0.3 is 0 Å². The number of hydrogen-bond acceptors (Lipinski definition) is 4. The Morgan fingerprint density at radius 2 is 1.15 bits per heavy atom. The minimum atomic E-state index is 0.0686. The summed E-state index contributed by atoms with van der Waals surface area (Å²) in [7, 11) is 0. The zero-order chi connectivity index (χ0) is 36.0. The van der Waals surface area contributed by atoms with Gasteiger partial charge in [-0.05, 0) is 117 Å². The summed E-state index contributed by atoms with van der Waals surface area (Å²) in [5, 5.41) is 7.45. The molecule has 0 radical (unpaired) electrons. The van der Waals surface area contributed by atoms with Crippen molar-refractivity contribution in [2.24, 2.45) is 0 Å². The van der Waals surface area contributed by atoms with Crippen LogP contribution in [0.4, 0.5) is 34.1 Å². The summed E-state index contributed by atoms with van der Waals surface area (Å²) in [6.45, 7) is 0.0686. The van der Waals surface area contributed by atoms with E-state index in [9.17, 15) is 0 Å². The fourth-order valence-electron chi connectivity index (χ4n) is 9.01. The van der Waals surface area contributed by atoms with Gasteiger partial charge in [0, 0.05) is 54.3 Å². The molecule has 10 aromatic rings. The lowest BCUT2D eigenvalue weighted by Crippen LogP contribution is -2.59. The number of para-hydroxylation sites is 3. The molecule has 0 saturated heterocycles. The summed E-state index contributed by atoms with van der Waals surface area (Å²) >= 11 is 1.89. The van der Waals surface area contributed by atoms with Gasteiger partial charge in [-0.15, -0.1) is 11.3 Å². The summed E-state index contributed by atoms with van der Waals surface area (Å²) in [5.74, 6) is 1.87. The minimum absolute atomic E-state index is 0.0686. The number of anilines is 6. The van der Waals surface area contributed by atoms with Crippen LogP contribution in [0.2, 0.25) is 0 Å². The van der Waals surface area contributed by atoms with E-state index in [0.717, 1.165) is 34.2 Å². The molecule has 0 spiro atoms. The van der Waals surface area contributed by atoms with E-state index in [1.807, 2.05) is 11.3 Å². The van der Waals surface area contributed by atoms with E-state index >= 15 is 0 Å². The minimum Gasteiger partial charge on any atom is -0.458 e. The second-order valence-corrected chi connectivity index (χ2v) is 15.5. The molecule has 2 aliphatic heterocycles. The first-order valence-corrected chi connectivity index (χ1v) is 19.6. The third kappa shape index (κ3) is 4.63. The van der Waals surface area contributed by atoms with Crippen LogP contribution in [-0.4, -0.2) is 6.71 Å². The van der Waals surface area contributed by atoms with Gasteiger partial charge in [0.25, 0.3) is 6.71 Å². The molecule has 3 heterocycles. The van der Waals surface area contributed by atoms with Gasteiger partial charge in [-0.1, -0.05) is 109 Å². The van der Waals surface area contributed by atoms with E-state index in [1.165, 1.54) is 69.5 Å². The molecule has 9 aromatic carbocycles. The molecule has 2 aliphatic rings. The Hall–Kier alpha value is -6.82. The monoisotopic (exact) mass is 718 g/mol. The molecule has 0 aliphatic carbocycles. The Labute approximate surface area is 323 Å². The Bertz CT molecular complexity index is 3160. The number of hydrogen-bond donors (Lipinski definition) is 0. The van der Waals surface area contributed by atoms with Crippen LogP contribution in [0.1, 0.15) is 0 Å². The fourth-order valence-corrected chi connectivity index (χ4v) is 10.3. The fraction of sp³-hybridized carbons (Fsp3) is 0. The van der Waals surface area contributed by atoms with Gasteiger partial charge in [0.15, 0.2) is 0 Å². The summed E-state index contributed by atoms with van der Waals surface area (Å²) in [6.07, 6.45) is 0. The van der Waals surface area contributed by atoms with Crippen molar-refractivity contribution < 1.29 is 4.74 Å². The van der Waals surface area contributed by atoms with Crippen LogP contribution in [-0.2, 0) is 0 Å². The van der Waals surface area contributed by atoms with E-state index < -0.39 is 0 Å². The molecule has 0 amide bonds. The highest BCUT2D eigenvalue weighted by atomic mass is 32.1. The molecule has 0 N–H and O–H groups in total. The average molecular weight is 719 g/mol. The van der Waals surface area contributed by atoms with Crippen LogP contribution in [0.5, 0.6) is 11.5 Å². The molecule has 5 heteroatoms. The van der Waals surface area contributed by atoms with Crippen molar-refractivity contribution in [3.8, 4) is 11.5 Å². The summed E-state index contributed by atoms with van der Waals surface area (Å²) in [4.78, 5) is 4.75. The highest BCUT2D eigenvalue weighted by Gasteiger charge is 2.41. The van der Waals surface area contributed by atoms with Gasteiger partial charge in [0.2, 0.25) is 0 Å². The predicted octanol–water partition coefficient (Wildman–Crippen LogP) is 12.2. The first-order chi connectivity index (χ1) is 27.3. The van der Waals surface area contributed by atoms with Crippen LogP contribution in [0.15, 0.2) is 188 Å². The first-order valence-electron chi connectivity index (χ1n) is 18.8. The SMILES string of the molecule is c1ccc(N(c2ccc3ccccc3c2)c2ccc3c(ccc4c5cc6c(cc5sc34)B3c4ccccc4N(c4ccccc4)c4cccc(c43)O6)c2)cc1. The number of thiophene rings is 1. The van der Waals surface area contributed by atoms with Crippen LogP contribution in [0.3, 0.4) is 0 Å². The number of benzene rings is 9. The molecule has 0 saturated carbocycles. The average Bonchev–Trinajstić information content (AvgIpc) is 3.61. The van der Waals surface area contributed by atoms with Crippen LogP contribution in [0, 0.1) is 0 Å². The molecule has 3 nitrogen and oxygen atoms in total. The number of nitrogens with zero attached hydrogens (tertiary/aromatic N) is 2. The highest BCUT2D eigenvalue weighted by Crippen LogP contribution is 2.45. The van der Waals surface area contributed by atoms with E-state index in [2.05, 4.69) is 198 Å². The van der Waals surface area contributed by atoms with E-state index in [-0.39, 0.29) is 6.71 Å². The molecular formula is C50H31BN2OS. The molecule has 0 fully saturated rings. The third-order valence-electron chi connectivity index (χ3n) is 11.4. The summed E-state index contributed by atoms with van der Waals surface area (Å²) < 4.78 is 9.44. The maximum Gasteiger partial charge on any atom is 0.256 e. The van der Waals surface area contributed by atoms with Gasteiger partial charge in [-0.25, -0.2) is 0 Å². The van der Waals surface area contributed by atoms with Gasteiger partial charge in [-0.3, -0.25) is 0 Å². The topological polar surface area (TPSA) is 15.7 Å². The first kappa shape index (κ1) is 30.6. The van der Waals surface area contributed by atoms with Crippen molar-refractivity contribution in [1.82, 2.24) is 0 Å². The summed E-state index contributed by atoms with van der Waals surface area (Å²) in [5.41, 5.74) is 10.7. The third-order valence-corrected chi connectivity index (χ3v) is 12.6. The zero-order valence-corrected chi connectivity index (χ0v) is 30.5. The number of rotatable bonds is 4. The molecule has 0 atom stereocenters. The Morgan fingerprint density at radius 1 is 0.455 bits per heavy atom. The lowest BCUT2D eigenvalue weighted by atomic mass is 9.34. The van der Waals surface area contributed by atoms with Gasteiger partial charge in [-0.2, -0.15) is 0 Å². The second kappa shape index (κ2) is 11.8. The zero-order valence-electron chi connectivity index (χ0n) is 29.7. The van der Waals surface area contributed by atoms with Crippen LogP contribution >= 0.6 is 11.3 Å². The lowest BCUT2D eigenvalue weighted by molar-refractivity contribution is 0.488. The summed E-state index contributed by atoms with van der Waals surface area (Å²) in [6, 6.07) is 68.2. The normalized spacial score (nSPS) is 12.8. The Kier molecular flexibility index (Phi) is 6.60. The quantitative estimate of drug-likeness (QED) is 0.169. The van der Waals surface area contributed by atoms with Crippen molar-refractivity contribution in [2.45, 2.75) is 0 Å². The number of ether oxygens (including phenoxy) is 1. The van der Waals surface area contributed by atoms with E-state index in [4.69, 9.17) is 4.74 Å². The van der Waals surface area contributed by atoms with Gasteiger partial charge < -0.3 is 14.5 Å². The Balaban J connectivity index is 1.01. The standard InChI is InChI=1S/C50H31BN2OS/c1-3-14-35(15-4-1)52(37-24-22-32-12-7-8-13-33(32)28-37)38-25-27-39-34(29-38)23-26-40-41-30-47-43(31-48(41)55-50(39)40)51-42-18-9-10-19-44(42)53(36-16-5-2-6-17-36)45-20-11-21-46(54-47)49(45)51/h1-31H. The second-order valence-electron chi connectivity index (χ2n) is 14.5. The maximum absolute atomic E-state index is 6.86. The lowest BCUT2D eigenvalue weighted by Gasteiger charge is -2.39. The maximum atomic E-state index is 6.86. The van der Waals surface area contributed by atoms with Crippen LogP contribution < -0.4 is 30.9 Å². The largest absolute Gasteiger partial charge is 0.458 e. The molecule has 0 bridgehead atoms. The smallest absolute Gasteiger partial charge is 0.256 e. The molecule has 1 aromatic heterocycles. The van der Waals surface area contributed by atoms with Crippen molar-refractivity contribution in [3.63, 3.8) is 0 Å². The molecule has 256 valence electrons. The van der Waals surface area contributed by atoms with Gasteiger partial charge in [0.05, 0.1) is 0 Å².